The molecule has 1 aliphatic rings. The fraction of sp³-hybridized carbons (Fsp3) is 0.538. The van der Waals surface area contributed by atoms with Crippen LogP contribution in [0.4, 0.5) is 18.9 Å². The van der Waals surface area contributed by atoms with Crippen LogP contribution in [-0.2, 0) is 6.18 Å². The number of benzene rings is 1. The Kier molecular flexibility index (Phi) is 3.05. The van der Waals surface area contributed by atoms with Gasteiger partial charge in [-0.2, -0.15) is 13.2 Å². The monoisotopic (exact) mass is 259 g/mol. The molecule has 0 amide bonds. The molecule has 1 aliphatic heterocycles. The highest BCUT2D eigenvalue weighted by molar-refractivity contribution is 5.52. The van der Waals surface area contributed by atoms with Crippen LogP contribution in [0.2, 0.25) is 0 Å². The number of rotatable bonds is 1. The highest BCUT2D eigenvalue weighted by atomic mass is 19.4. The molecule has 1 aromatic rings. The minimum absolute atomic E-state index is 0.330. The zero-order valence-electron chi connectivity index (χ0n) is 10.3. The lowest BCUT2D eigenvalue weighted by molar-refractivity contribution is -0.137. The molecule has 2 rings (SSSR count). The van der Waals surface area contributed by atoms with Crippen LogP contribution in [-0.4, -0.2) is 23.3 Å². The van der Waals surface area contributed by atoms with Crippen molar-refractivity contribution in [2.45, 2.75) is 38.1 Å². The molecule has 18 heavy (non-hydrogen) atoms. The summed E-state index contributed by atoms with van der Waals surface area (Å²) in [6.07, 6.45) is -4.27. The van der Waals surface area contributed by atoms with Crippen molar-refractivity contribution in [3.63, 3.8) is 0 Å². The molecular formula is C13H16F3NO. The van der Waals surface area contributed by atoms with Crippen LogP contribution in [0.1, 0.15) is 25.8 Å². The second-order valence-corrected chi connectivity index (χ2v) is 5.33. The van der Waals surface area contributed by atoms with Crippen LogP contribution in [0.15, 0.2) is 24.3 Å². The molecule has 5 heteroatoms. The lowest BCUT2D eigenvalue weighted by Gasteiger charge is -2.33. The van der Waals surface area contributed by atoms with Gasteiger partial charge >= 0.3 is 6.18 Å². The molecule has 1 unspecified atom stereocenters. The highest BCUT2D eigenvalue weighted by Gasteiger charge is 2.38. The molecule has 0 radical (unpaired) electrons. The summed E-state index contributed by atoms with van der Waals surface area (Å²) in [5.41, 5.74) is -0.479. The normalized spacial score (nSPS) is 23.4. The predicted octanol–water partition coefficient (Wildman–Crippen LogP) is 3.06. The van der Waals surface area contributed by atoms with Crippen LogP contribution in [0, 0.1) is 0 Å². The van der Waals surface area contributed by atoms with E-state index in [-0.39, 0.29) is 5.54 Å². The van der Waals surface area contributed by atoms with Gasteiger partial charge in [0.1, 0.15) is 0 Å². The van der Waals surface area contributed by atoms with Crippen molar-refractivity contribution < 1.29 is 18.3 Å². The Hall–Kier alpha value is -1.23. The second kappa shape index (κ2) is 4.16. The van der Waals surface area contributed by atoms with Gasteiger partial charge in [-0.3, -0.25) is 0 Å². The number of hydrogen-bond acceptors (Lipinski definition) is 2. The van der Waals surface area contributed by atoms with Gasteiger partial charge in [0.15, 0.2) is 0 Å². The molecule has 1 fully saturated rings. The summed E-state index contributed by atoms with van der Waals surface area (Å²) in [6, 6.07) is 5.25. The van der Waals surface area contributed by atoms with Gasteiger partial charge < -0.3 is 10.0 Å². The minimum Gasteiger partial charge on any atom is -0.391 e. The van der Waals surface area contributed by atoms with Crippen molar-refractivity contribution in [3.05, 3.63) is 29.8 Å². The fourth-order valence-electron chi connectivity index (χ4n) is 2.51. The second-order valence-electron chi connectivity index (χ2n) is 5.33. The van der Waals surface area contributed by atoms with E-state index in [2.05, 4.69) is 0 Å². The molecule has 100 valence electrons. The van der Waals surface area contributed by atoms with Gasteiger partial charge in [-0.05, 0) is 38.5 Å². The summed E-state index contributed by atoms with van der Waals surface area (Å²) in [4.78, 5) is 1.83. The van der Waals surface area contributed by atoms with Gasteiger partial charge in [-0.25, -0.2) is 0 Å². The van der Waals surface area contributed by atoms with E-state index >= 15 is 0 Å². The first-order valence-corrected chi connectivity index (χ1v) is 5.83. The standard InChI is InChI=1S/C13H16F3NO/c1-12(2)7-11(18)8-17(12)10-5-3-4-9(6-10)13(14,15)16/h3-6,11,18H,7-8H2,1-2H3. The van der Waals surface area contributed by atoms with Gasteiger partial charge in [-0.15, -0.1) is 0 Å². The summed E-state index contributed by atoms with van der Waals surface area (Å²) >= 11 is 0. The van der Waals surface area contributed by atoms with Crippen LogP contribution in [0.25, 0.3) is 0 Å². The molecular weight excluding hydrogens is 243 g/mol. The predicted molar refractivity (Wildman–Crippen MR) is 63.5 cm³/mol. The first-order chi connectivity index (χ1) is 8.20. The number of alkyl halides is 3. The van der Waals surface area contributed by atoms with E-state index in [4.69, 9.17) is 0 Å². The smallest absolute Gasteiger partial charge is 0.391 e. The van der Waals surface area contributed by atoms with Crippen LogP contribution < -0.4 is 4.90 Å². The summed E-state index contributed by atoms with van der Waals surface area (Å²) in [7, 11) is 0. The lowest BCUT2D eigenvalue weighted by atomic mass is 10.0. The van der Waals surface area contributed by atoms with Crippen LogP contribution in [0.3, 0.4) is 0 Å². The number of aliphatic hydroxyl groups is 1. The van der Waals surface area contributed by atoms with E-state index in [1.54, 1.807) is 6.07 Å². The maximum Gasteiger partial charge on any atom is 0.416 e. The molecule has 1 aromatic carbocycles. The van der Waals surface area contributed by atoms with E-state index in [9.17, 15) is 18.3 Å². The van der Waals surface area contributed by atoms with Crippen molar-refractivity contribution in [3.8, 4) is 0 Å². The number of nitrogens with zero attached hydrogens (tertiary/aromatic N) is 1. The molecule has 0 aromatic heterocycles. The minimum atomic E-state index is -4.33. The Morgan fingerprint density at radius 3 is 2.50 bits per heavy atom. The van der Waals surface area contributed by atoms with Gasteiger partial charge in [0, 0.05) is 17.8 Å². The molecule has 1 saturated heterocycles. The molecule has 0 saturated carbocycles. The third-order valence-corrected chi connectivity index (χ3v) is 3.34. The van der Waals surface area contributed by atoms with E-state index in [0.29, 0.717) is 18.7 Å². The fourth-order valence-corrected chi connectivity index (χ4v) is 2.51. The Morgan fingerprint density at radius 1 is 1.33 bits per heavy atom. The van der Waals surface area contributed by atoms with E-state index in [1.807, 2.05) is 18.7 Å². The van der Waals surface area contributed by atoms with Gasteiger partial charge in [0.25, 0.3) is 0 Å². The maximum absolute atomic E-state index is 12.7. The van der Waals surface area contributed by atoms with Crippen LogP contribution in [0.5, 0.6) is 0 Å². The summed E-state index contributed by atoms with van der Waals surface area (Å²) < 4.78 is 38.0. The average Bonchev–Trinajstić information content (AvgIpc) is 2.51. The Balaban J connectivity index is 2.35. The topological polar surface area (TPSA) is 23.5 Å². The van der Waals surface area contributed by atoms with E-state index in [1.165, 1.54) is 6.07 Å². The van der Waals surface area contributed by atoms with Gasteiger partial charge in [-0.1, -0.05) is 6.07 Å². The quantitative estimate of drug-likeness (QED) is 0.838. The van der Waals surface area contributed by atoms with Crippen molar-refractivity contribution in [2.24, 2.45) is 0 Å². The molecule has 0 bridgehead atoms. The van der Waals surface area contributed by atoms with E-state index in [0.717, 1.165) is 12.1 Å². The van der Waals surface area contributed by atoms with Crippen molar-refractivity contribution in [1.82, 2.24) is 0 Å². The molecule has 0 aliphatic carbocycles. The zero-order valence-corrected chi connectivity index (χ0v) is 10.3. The number of halogens is 3. The highest BCUT2D eigenvalue weighted by Crippen LogP contribution is 2.37. The third-order valence-electron chi connectivity index (χ3n) is 3.34. The average molecular weight is 259 g/mol. The van der Waals surface area contributed by atoms with Crippen molar-refractivity contribution in [2.75, 3.05) is 11.4 Å². The number of β-amino-alcohol motifs (C(OH)–C–C–N with tert-alkyl or cyclic N) is 1. The Bertz CT molecular complexity index is 442. The van der Waals surface area contributed by atoms with Gasteiger partial charge in [0.2, 0.25) is 0 Å². The number of hydrogen-bond donors (Lipinski definition) is 1. The lowest BCUT2D eigenvalue weighted by Crippen LogP contribution is -2.38. The third kappa shape index (κ3) is 2.46. The summed E-state index contributed by atoms with van der Waals surface area (Å²) in [6.45, 7) is 4.21. The van der Waals surface area contributed by atoms with Crippen LogP contribution >= 0.6 is 0 Å². The Morgan fingerprint density at radius 2 is 2.00 bits per heavy atom. The summed E-state index contributed by atoms with van der Waals surface area (Å²) in [5.74, 6) is 0. The molecule has 1 heterocycles. The van der Waals surface area contributed by atoms with E-state index < -0.39 is 17.8 Å². The molecule has 1 atom stereocenters. The maximum atomic E-state index is 12.7. The first-order valence-electron chi connectivity index (χ1n) is 5.83. The largest absolute Gasteiger partial charge is 0.416 e. The summed E-state index contributed by atoms with van der Waals surface area (Å²) in [5, 5.41) is 9.66. The Labute approximate surface area is 104 Å². The van der Waals surface area contributed by atoms with Crippen molar-refractivity contribution in [1.29, 1.82) is 0 Å². The SMILES string of the molecule is CC1(C)CC(O)CN1c1cccc(C(F)(F)F)c1. The molecule has 2 nitrogen and oxygen atoms in total. The zero-order chi connectivity index (χ0) is 13.6. The molecule has 0 spiro atoms. The molecule has 1 N–H and O–H groups in total. The number of aliphatic hydroxyl groups excluding tert-OH is 1. The van der Waals surface area contributed by atoms with Gasteiger partial charge in [0.05, 0.1) is 11.7 Å². The number of anilines is 1. The van der Waals surface area contributed by atoms with Crippen molar-refractivity contribution >= 4 is 5.69 Å². The first kappa shape index (κ1) is 13.2.